The van der Waals surface area contributed by atoms with Gasteiger partial charge in [-0.15, -0.1) is 0 Å². The summed E-state index contributed by atoms with van der Waals surface area (Å²) in [6.07, 6.45) is 0. The molecule has 1 amide bonds. The van der Waals surface area contributed by atoms with Gasteiger partial charge in [0, 0.05) is 0 Å². The van der Waals surface area contributed by atoms with Crippen LogP contribution in [0, 0.1) is 0 Å². The van der Waals surface area contributed by atoms with Crippen LogP contribution < -0.4 is 15.8 Å². The average molecular weight is 334 g/mol. The van der Waals surface area contributed by atoms with Gasteiger partial charge in [-0.1, -0.05) is 0 Å². The number of benzene rings is 1. The Balaban J connectivity index is 2.69. The van der Waals surface area contributed by atoms with Crippen molar-refractivity contribution in [3.05, 3.63) is 29.8 Å². The Kier molecular flexibility index (Phi) is 3.65. The van der Waals surface area contributed by atoms with Gasteiger partial charge in [0.15, 0.2) is 0 Å². The fourth-order valence-electron chi connectivity index (χ4n) is 2.03. The van der Waals surface area contributed by atoms with Crippen molar-refractivity contribution in [1.82, 2.24) is 9.78 Å². The number of nitrogens with zero attached hydrogens (tertiary/aromatic N) is 2. The summed E-state index contributed by atoms with van der Waals surface area (Å²) in [7, 11) is 0. The normalized spacial score (nSPS) is 11.6. The number of anilines is 1. The standard InChI is InChI=1S/C14H19AsN4O/c1-14(2,3)19-12(16)10(13(17)20)11(18-19)8-4-6-9(15)7-5-8/h4-7H,15-16H2,1-3H3,(H2,17,20). The molecule has 0 aliphatic rings. The van der Waals surface area contributed by atoms with Gasteiger partial charge in [-0.25, -0.2) is 0 Å². The average Bonchev–Trinajstić information content (AvgIpc) is 2.67. The zero-order valence-corrected chi connectivity index (χ0v) is 14.3. The number of rotatable bonds is 2. The molecule has 0 spiro atoms. The van der Waals surface area contributed by atoms with Crippen LogP contribution in [-0.2, 0) is 5.54 Å². The summed E-state index contributed by atoms with van der Waals surface area (Å²) >= 11 is 1.54. The second kappa shape index (κ2) is 4.98. The summed E-state index contributed by atoms with van der Waals surface area (Å²) in [6.45, 7) is 5.92. The summed E-state index contributed by atoms with van der Waals surface area (Å²) in [6, 6.07) is 7.84. The number of aromatic nitrogens is 2. The van der Waals surface area contributed by atoms with Crippen molar-refractivity contribution in [3.8, 4) is 11.3 Å². The van der Waals surface area contributed by atoms with E-state index in [2.05, 4.69) is 5.10 Å². The SMILES string of the molecule is CC(C)(C)n1nc(-c2ccc([AsH2])cc2)c(C(N)=O)c1N. The number of hydrogen-bond acceptors (Lipinski definition) is 3. The zero-order valence-electron chi connectivity index (χ0n) is 11.8. The summed E-state index contributed by atoms with van der Waals surface area (Å²) < 4.78 is 2.84. The summed E-state index contributed by atoms with van der Waals surface area (Å²) in [5.74, 6) is -0.248. The van der Waals surface area contributed by atoms with E-state index in [1.165, 1.54) is 4.35 Å². The van der Waals surface area contributed by atoms with Crippen molar-refractivity contribution in [2.75, 3.05) is 5.73 Å². The second-order valence-corrected chi connectivity index (χ2v) is 7.08. The van der Waals surface area contributed by atoms with Gasteiger partial charge in [0.25, 0.3) is 0 Å². The molecule has 1 atom stereocenters. The van der Waals surface area contributed by atoms with Gasteiger partial charge < -0.3 is 0 Å². The first-order chi connectivity index (χ1) is 9.21. The molecule has 1 unspecified atom stereocenters. The van der Waals surface area contributed by atoms with E-state index in [9.17, 15) is 4.79 Å². The molecule has 0 saturated carbocycles. The molecule has 1 aromatic heterocycles. The molecule has 1 aromatic carbocycles. The second-order valence-electron chi connectivity index (χ2n) is 5.68. The monoisotopic (exact) mass is 334 g/mol. The van der Waals surface area contributed by atoms with Crippen LogP contribution in [0.2, 0.25) is 0 Å². The van der Waals surface area contributed by atoms with Gasteiger partial charge >= 0.3 is 126 Å². The molecule has 6 heteroatoms. The predicted octanol–water partition coefficient (Wildman–Crippen LogP) is 0.245. The molecule has 0 aliphatic heterocycles. The van der Waals surface area contributed by atoms with E-state index in [1.54, 1.807) is 21.5 Å². The third-order valence-corrected chi connectivity index (χ3v) is 3.79. The van der Waals surface area contributed by atoms with E-state index in [0.29, 0.717) is 11.5 Å². The first kappa shape index (κ1) is 14.7. The van der Waals surface area contributed by atoms with Crippen molar-refractivity contribution in [2.45, 2.75) is 26.3 Å². The number of carbonyl (C=O) groups excluding carboxylic acids is 1. The van der Waals surface area contributed by atoms with Crippen LogP contribution in [0.25, 0.3) is 11.3 Å². The van der Waals surface area contributed by atoms with Crippen LogP contribution >= 0.6 is 0 Å². The molecular formula is C14H19AsN4O. The van der Waals surface area contributed by atoms with Crippen molar-refractivity contribution in [2.24, 2.45) is 5.73 Å². The summed E-state index contributed by atoms with van der Waals surface area (Å²) in [4.78, 5) is 11.7. The number of amides is 1. The third-order valence-electron chi connectivity index (χ3n) is 2.99. The fourth-order valence-corrected chi connectivity index (χ4v) is 2.43. The third kappa shape index (κ3) is 2.59. The predicted molar refractivity (Wildman–Crippen MR) is 83.8 cm³/mol. The molecule has 106 valence electrons. The Morgan fingerprint density at radius 3 is 2.25 bits per heavy atom. The maximum atomic E-state index is 11.7. The molecule has 1 heterocycles. The van der Waals surface area contributed by atoms with Gasteiger partial charge in [0.1, 0.15) is 0 Å². The van der Waals surface area contributed by atoms with Gasteiger partial charge in [-0.3, -0.25) is 0 Å². The van der Waals surface area contributed by atoms with Gasteiger partial charge in [-0.2, -0.15) is 0 Å². The van der Waals surface area contributed by atoms with Crippen molar-refractivity contribution >= 4 is 32.9 Å². The number of nitrogen functional groups attached to an aromatic ring is 1. The number of carbonyl (C=O) groups is 1. The molecule has 5 nitrogen and oxygen atoms in total. The Morgan fingerprint density at radius 2 is 1.80 bits per heavy atom. The first-order valence-electron chi connectivity index (χ1n) is 6.26. The molecule has 20 heavy (non-hydrogen) atoms. The van der Waals surface area contributed by atoms with Gasteiger partial charge in [0.05, 0.1) is 0 Å². The van der Waals surface area contributed by atoms with E-state index < -0.39 is 5.91 Å². The Hall–Kier alpha value is -1.74. The Morgan fingerprint density at radius 1 is 1.25 bits per heavy atom. The van der Waals surface area contributed by atoms with E-state index in [-0.39, 0.29) is 11.1 Å². The minimum atomic E-state index is -0.558. The molecule has 0 radical (unpaired) electrons. The molecule has 4 N–H and O–H groups in total. The molecule has 0 fully saturated rings. The number of primary amides is 1. The molecule has 2 aromatic rings. The Labute approximate surface area is 126 Å². The summed E-state index contributed by atoms with van der Waals surface area (Å²) in [5.41, 5.74) is 12.9. The summed E-state index contributed by atoms with van der Waals surface area (Å²) in [5, 5.41) is 4.50. The van der Waals surface area contributed by atoms with Crippen LogP contribution in [-0.4, -0.2) is 32.5 Å². The topological polar surface area (TPSA) is 86.9 Å². The molecular weight excluding hydrogens is 315 g/mol. The molecule has 0 bridgehead atoms. The van der Waals surface area contributed by atoms with Gasteiger partial charge in [0.2, 0.25) is 0 Å². The molecule has 0 aliphatic carbocycles. The maximum absolute atomic E-state index is 11.7. The van der Waals surface area contributed by atoms with E-state index in [4.69, 9.17) is 11.5 Å². The van der Waals surface area contributed by atoms with Crippen LogP contribution in [0.3, 0.4) is 0 Å². The van der Waals surface area contributed by atoms with Crippen molar-refractivity contribution in [1.29, 1.82) is 0 Å². The zero-order chi connectivity index (χ0) is 15.1. The van der Waals surface area contributed by atoms with Crippen molar-refractivity contribution < 1.29 is 4.79 Å². The quantitative estimate of drug-likeness (QED) is 0.772. The number of nitrogens with two attached hydrogens (primary N) is 2. The van der Waals surface area contributed by atoms with Crippen LogP contribution in [0.1, 0.15) is 31.1 Å². The van der Waals surface area contributed by atoms with Crippen LogP contribution in [0.15, 0.2) is 24.3 Å². The number of hydrogen-bond donors (Lipinski definition) is 2. The first-order valence-corrected chi connectivity index (χ1v) is 7.47. The van der Waals surface area contributed by atoms with E-state index >= 15 is 0 Å². The molecule has 2 rings (SSSR count). The van der Waals surface area contributed by atoms with Crippen molar-refractivity contribution in [3.63, 3.8) is 0 Å². The van der Waals surface area contributed by atoms with Crippen LogP contribution in [0.5, 0.6) is 0 Å². The Bertz CT molecular complexity index is 653. The van der Waals surface area contributed by atoms with E-state index in [0.717, 1.165) is 5.56 Å². The molecule has 0 saturated heterocycles. The fraction of sp³-hybridized carbons (Fsp3) is 0.286. The minimum absolute atomic E-state index is 0.286. The van der Waals surface area contributed by atoms with Crippen LogP contribution in [0.4, 0.5) is 5.82 Å². The van der Waals surface area contributed by atoms with Gasteiger partial charge in [-0.05, 0) is 0 Å². The van der Waals surface area contributed by atoms with E-state index in [1.807, 2.05) is 45.0 Å².